The minimum absolute atomic E-state index is 0.0236. The molecule has 1 saturated carbocycles. The third-order valence-electron chi connectivity index (χ3n) is 7.62. The summed E-state index contributed by atoms with van der Waals surface area (Å²) in [7, 11) is -1.43. The molecule has 9 nitrogen and oxygen atoms in total. The van der Waals surface area contributed by atoms with E-state index in [1.165, 1.54) is 49.5 Å². The summed E-state index contributed by atoms with van der Waals surface area (Å²) in [6, 6.07) is 17.2. The molecule has 1 aliphatic carbocycles. The summed E-state index contributed by atoms with van der Waals surface area (Å²) >= 11 is 0. The van der Waals surface area contributed by atoms with E-state index in [0.29, 0.717) is 17.7 Å². The van der Waals surface area contributed by atoms with Gasteiger partial charge in [-0.25, -0.2) is 12.8 Å². The van der Waals surface area contributed by atoms with Crippen LogP contribution in [0.5, 0.6) is 11.5 Å². The second-order valence-electron chi connectivity index (χ2n) is 10.4. The Kier molecular flexibility index (Phi) is 10.6. The van der Waals surface area contributed by atoms with Gasteiger partial charge in [-0.2, -0.15) is 0 Å². The molecule has 2 amide bonds. The van der Waals surface area contributed by atoms with Crippen LogP contribution in [0.1, 0.15) is 44.6 Å². The summed E-state index contributed by atoms with van der Waals surface area (Å²) in [5, 5.41) is 3.07. The molecule has 0 aromatic heterocycles. The molecule has 43 heavy (non-hydrogen) atoms. The normalized spacial score (nSPS) is 14.1. The number of sulfonamides is 1. The van der Waals surface area contributed by atoms with Gasteiger partial charge >= 0.3 is 0 Å². The Hall–Kier alpha value is -4.12. The summed E-state index contributed by atoms with van der Waals surface area (Å²) in [5.41, 5.74) is 0.697. The van der Waals surface area contributed by atoms with E-state index in [4.69, 9.17) is 9.47 Å². The molecule has 230 valence electrons. The molecular weight excluding hydrogens is 573 g/mol. The van der Waals surface area contributed by atoms with Crippen molar-refractivity contribution in [3.8, 4) is 11.5 Å². The van der Waals surface area contributed by atoms with E-state index in [-0.39, 0.29) is 34.8 Å². The molecule has 0 radical (unpaired) electrons. The van der Waals surface area contributed by atoms with E-state index >= 15 is 0 Å². The van der Waals surface area contributed by atoms with Crippen LogP contribution in [0.15, 0.2) is 77.7 Å². The van der Waals surface area contributed by atoms with Gasteiger partial charge in [-0.05, 0) is 61.2 Å². The maximum atomic E-state index is 14.3. The number of hydrogen-bond donors (Lipinski definition) is 1. The second kappa shape index (κ2) is 14.4. The minimum atomic E-state index is -4.29. The Morgan fingerprint density at radius 3 is 2.26 bits per heavy atom. The first kappa shape index (κ1) is 31.8. The maximum Gasteiger partial charge on any atom is 0.264 e. The monoisotopic (exact) mass is 611 g/mol. The number of amides is 2. The van der Waals surface area contributed by atoms with Crippen molar-refractivity contribution in [3.63, 3.8) is 0 Å². The summed E-state index contributed by atoms with van der Waals surface area (Å²) in [6.45, 7) is 1.15. The first-order chi connectivity index (χ1) is 20.7. The van der Waals surface area contributed by atoms with Crippen LogP contribution in [-0.2, 0) is 26.2 Å². The number of hydrogen-bond acceptors (Lipinski definition) is 6. The van der Waals surface area contributed by atoms with Crippen LogP contribution in [0.2, 0.25) is 0 Å². The quantitative estimate of drug-likeness (QED) is 0.295. The maximum absolute atomic E-state index is 14.3. The standard InChI is InChI=1S/C32H38FN3O6S/c1-4-28(32(38)34-25-10-8-9-11-25)35(21-23-14-16-24(33)17-15-23)31(37)22-36(43(39,40)27-12-6-5-7-13-27)29-20-26(41-2)18-19-30(29)42-3/h5-7,12-20,25,28H,4,8-11,21-22H2,1-3H3,(H,34,38)/t28-/m0/s1. The Balaban J connectivity index is 1.77. The molecular formula is C32H38FN3O6S. The molecule has 0 heterocycles. The highest BCUT2D eigenvalue weighted by Gasteiger charge is 2.35. The molecule has 1 N–H and O–H groups in total. The first-order valence-electron chi connectivity index (χ1n) is 14.3. The molecule has 0 bridgehead atoms. The van der Waals surface area contributed by atoms with Gasteiger partial charge in [0.15, 0.2) is 0 Å². The molecule has 1 fully saturated rings. The zero-order valence-electron chi connectivity index (χ0n) is 24.7. The van der Waals surface area contributed by atoms with Crippen molar-refractivity contribution in [2.75, 3.05) is 25.1 Å². The molecule has 1 atom stereocenters. The van der Waals surface area contributed by atoms with Crippen molar-refractivity contribution in [2.24, 2.45) is 0 Å². The number of carbonyl (C=O) groups excluding carboxylic acids is 2. The van der Waals surface area contributed by atoms with Crippen LogP contribution in [0.3, 0.4) is 0 Å². The van der Waals surface area contributed by atoms with Gasteiger partial charge in [0.05, 0.1) is 24.8 Å². The van der Waals surface area contributed by atoms with Crippen molar-refractivity contribution < 1.29 is 31.9 Å². The van der Waals surface area contributed by atoms with E-state index in [0.717, 1.165) is 30.0 Å². The highest BCUT2D eigenvalue weighted by molar-refractivity contribution is 7.92. The lowest BCUT2D eigenvalue weighted by molar-refractivity contribution is -0.140. The van der Waals surface area contributed by atoms with E-state index in [2.05, 4.69) is 5.32 Å². The van der Waals surface area contributed by atoms with E-state index in [1.807, 2.05) is 0 Å². The fraction of sp³-hybridized carbons (Fsp3) is 0.375. The number of methoxy groups -OCH3 is 2. The fourth-order valence-corrected chi connectivity index (χ4v) is 6.74. The van der Waals surface area contributed by atoms with Gasteiger partial charge in [0, 0.05) is 18.7 Å². The Morgan fingerprint density at radius 1 is 0.977 bits per heavy atom. The molecule has 1 aliphatic rings. The number of nitrogens with one attached hydrogen (secondary N) is 1. The van der Waals surface area contributed by atoms with Crippen LogP contribution in [0.25, 0.3) is 0 Å². The van der Waals surface area contributed by atoms with Crippen LogP contribution in [0, 0.1) is 5.82 Å². The van der Waals surface area contributed by atoms with Crippen molar-refractivity contribution in [1.29, 1.82) is 0 Å². The topological polar surface area (TPSA) is 105 Å². The molecule has 11 heteroatoms. The minimum Gasteiger partial charge on any atom is -0.497 e. The number of nitrogens with zero attached hydrogens (tertiary/aromatic N) is 2. The first-order valence-corrected chi connectivity index (χ1v) is 15.8. The molecule has 3 aromatic rings. The Bertz CT molecular complexity index is 1500. The lowest BCUT2D eigenvalue weighted by Crippen LogP contribution is -2.53. The largest absolute Gasteiger partial charge is 0.497 e. The molecule has 3 aromatic carbocycles. The van der Waals surface area contributed by atoms with Crippen LogP contribution in [-0.4, -0.2) is 58.0 Å². The Labute approximate surface area is 252 Å². The summed E-state index contributed by atoms with van der Waals surface area (Å²) in [6.07, 6.45) is 4.07. The average Bonchev–Trinajstić information content (AvgIpc) is 3.53. The Morgan fingerprint density at radius 2 is 1.65 bits per heavy atom. The lowest BCUT2D eigenvalue weighted by Gasteiger charge is -2.34. The smallest absolute Gasteiger partial charge is 0.264 e. The van der Waals surface area contributed by atoms with Gasteiger partial charge in [-0.15, -0.1) is 0 Å². The van der Waals surface area contributed by atoms with Crippen molar-refractivity contribution in [2.45, 2.75) is 62.6 Å². The fourth-order valence-electron chi connectivity index (χ4n) is 5.30. The van der Waals surface area contributed by atoms with Crippen molar-refractivity contribution in [1.82, 2.24) is 10.2 Å². The van der Waals surface area contributed by atoms with Gasteiger partial charge < -0.3 is 19.7 Å². The number of halogens is 1. The van der Waals surface area contributed by atoms with Gasteiger partial charge in [0.25, 0.3) is 10.0 Å². The number of carbonyl (C=O) groups is 2. The van der Waals surface area contributed by atoms with Crippen LogP contribution >= 0.6 is 0 Å². The third kappa shape index (κ3) is 7.64. The molecule has 0 saturated heterocycles. The summed E-state index contributed by atoms with van der Waals surface area (Å²) < 4.78 is 53.7. The van der Waals surface area contributed by atoms with Gasteiger partial charge in [0.1, 0.15) is 29.9 Å². The zero-order valence-corrected chi connectivity index (χ0v) is 25.5. The number of anilines is 1. The zero-order chi connectivity index (χ0) is 31.0. The molecule has 0 aliphatic heterocycles. The van der Waals surface area contributed by atoms with Crippen LogP contribution < -0.4 is 19.1 Å². The van der Waals surface area contributed by atoms with Gasteiger partial charge in [-0.1, -0.05) is 50.1 Å². The second-order valence-corrected chi connectivity index (χ2v) is 12.3. The molecule has 4 rings (SSSR count). The number of ether oxygens (including phenoxy) is 2. The van der Waals surface area contributed by atoms with E-state index in [1.54, 1.807) is 49.4 Å². The van der Waals surface area contributed by atoms with E-state index < -0.39 is 34.3 Å². The summed E-state index contributed by atoms with van der Waals surface area (Å²) in [5.74, 6) is -0.771. The van der Waals surface area contributed by atoms with E-state index in [9.17, 15) is 22.4 Å². The van der Waals surface area contributed by atoms with Crippen LogP contribution in [0.4, 0.5) is 10.1 Å². The number of benzene rings is 3. The predicted octanol–water partition coefficient (Wildman–Crippen LogP) is 4.90. The highest BCUT2D eigenvalue weighted by Crippen LogP contribution is 2.36. The van der Waals surface area contributed by atoms with Crippen molar-refractivity contribution >= 4 is 27.5 Å². The lowest BCUT2D eigenvalue weighted by atomic mass is 10.1. The third-order valence-corrected chi connectivity index (χ3v) is 9.39. The molecule has 0 unspecified atom stereocenters. The highest BCUT2D eigenvalue weighted by atomic mass is 32.2. The van der Waals surface area contributed by atoms with Crippen molar-refractivity contribution in [3.05, 3.63) is 84.2 Å². The summed E-state index contributed by atoms with van der Waals surface area (Å²) in [4.78, 5) is 29.2. The average molecular weight is 612 g/mol. The van der Waals surface area contributed by atoms with Gasteiger partial charge in [0.2, 0.25) is 11.8 Å². The SMILES string of the molecule is CC[C@@H](C(=O)NC1CCCC1)N(Cc1ccc(F)cc1)C(=O)CN(c1cc(OC)ccc1OC)S(=O)(=O)c1ccccc1. The predicted molar refractivity (Wildman–Crippen MR) is 162 cm³/mol. The molecule has 0 spiro atoms. The number of rotatable bonds is 13. The van der Waals surface area contributed by atoms with Gasteiger partial charge in [-0.3, -0.25) is 13.9 Å².